The Balaban J connectivity index is 2.04. The van der Waals surface area contributed by atoms with Crippen LogP contribution >= 0.6 is 23.3 Å². The van der Waals surface area contributed by atoms with Gasteiger partial charge in [0.15, 0.2) is 0 Å². The van der Waals surface area contributed by atoms with E-state index in [-0.39, 0.29) is 16.9 Å². The first-order chi connectivity index (χ1) is 11.0. The highest BCUT2D eigenvalue weighted by atomic mass is 32.3. The van der Waals surface area contributed by atoms with Crippen LogP contribution in [0.4, 0.5) is 0 Å². The molecule has 23 heavy (non-hydrogen) atoms. The van der Waals surface area contributed by atoms with Crippen LogP contribution < -0.4 is 10.5 Å². The minimum Gasteiger partial charge on any atom is -0.396 e. The third-order valence-electron chi connectivity index (χ3n) is 3.72. The third-order valence-corrected chi connectivity index (χ3v) is 7.55. The van der Waals surface area contributed by atoms with Crippen molar-refractivity contribution < 1.29 is 13.5 Å². The van der Waals surface area contributed by atoms with Gasteiger partial charge < -0.3 is 10.4 Å². The van der Waals surface area contributed by atoms with Crippen molar-refractivity contribution in [3.05, 3.63) is 11.6 Å². The van der Waals surface area contributed by atoms with Crippen LogP contribution in [0, 0.1) is 0 Å². The molecule has 0 radical (unpaired) electrons. The van der Waals surface area contributed by atoms with Crippen molar-refractivity contribution in [2.45, 2.75) is 47.1 Å². The molecule has 2 rings (SSSR count). The molecule has 0 bridgehead atoms. The fraction of sp³-hybridized carbons (Fsp3) is 0.714. The molecular weight excluding hydrogens is 354 g/mol. The van der Waals surface area contributed by atoms with Crippen molar-refractivity contribution in [3.8, 4) is 0 Å². The van der Waals surface area contributed by atoms with Crippen LogP contribution in [-0.2, 0) is 10.0 Å². The summed E-state index contributed by atoms with van der Waals surface area (Å²) in [4.78, 5) is 0. The summed E-state index contributed by atoms with van der Waals surface area (Å²) in [5.74, 6) is 0. The van der Waals surface area contributed by atoms with Crippen LogP contribution in [-0.4, -0.2) is 44.1 Å². The molecule has 1 atom stereocenters. The van der Waals surface area contributed by atoms with Crippen LogP contribution in [0.2, 0.25) is 0 Å². The summed E-state index contributed by atoms with van der Waals surface area (Å²) >= 11 is 2.89. The van der Waals surface area contributed by atoms with E-state index in [4.69, 9.17) is 10.2 Å². The number of likely N-dealkylation sites (N-methyl/N-ethyl adjacent to an activating group) is 1. The fourth-order valence-electron chi connectivity index (χ4n) is 2.59. The Bertz CT molecular complexity index is 604. The Kier molecular flexibility index (Phi) is 7.33. The fourth-order valence-corrected chi connectivity index (χ4v) is 6.16. The van der Waals surface area contributed by atoms with E-state index in [0.29, 0.717) is 0 Å². The third kappa shape index (κ3) is 5.42. The molecule has 1 aromatic heterocycles. The van der Waals surface area contributed by atoms with E-state index >= 15 is 0 Å². The lowest BCUT2D eigenvalue weighted by Crippen LogP contribution is -2.35. The molecule has 2 heterocycles. The van der Waals surface area contributed by atoms with Crippen LogP contribution in [0.25, 0.3) is 0 Å². The zero-order valence-corrected chi connectivity index (χ0v) is 15.8. The van der Waals surface area contributed by atoms with E-state index in [0.717, 1.165) is 55.1 Å². The molecule has 1 aliphatic heterocycles. The molecule has 0 saturated heterocycles. The Morgan fingerprint density at radius 3 is 2.78 bits per heavy atom. The Labute approximate surface area is 146 Å². The molecule has 132 valence electrons. The number of sulfonamides is 1. The van der Waals surface area contributed by atoms with Crippen LogP contribution in [0.15, 0.2) is 14.5 Å². The SMILES string of the molecule is CCN[C@H]1CN(CCCCCCO)Sc2sc(S(N)(=O)=O)cc21. The molecule has 0 fully saturated rings. The van der Waals surface area contributed by atoms with Crippen LogP contribution in [0.5, 0.6) is 0 Å². The number of nitrogens with one attached hydrogen (secondary N) is 1. The molecular formula is C14H25N3O3S3. The highest BCUT2D eigenvalue weighted by Gasteiger charge is 2.29. The number of nitrogens with zero attached hydrogens (tertiary/aromatic N) is 1. The summed E-state index contributed by atoms with van der Waals surface area (Å²) in [6, 6.07) is 1.86. The molecule has 1 aromatic rings. The number of rotatable bonds is 9. The molecule has 0 saturated carbocycles. The zero-order valence-electron chi connectivity index (χ0n) is 13.3. The van der Waals surface area contributed by atoms with Crippen molar-refractivity contribution in [1.29, 1.82) is 0 Å². The highest BCUT2D eigenvalue weighted by molar-refractivity contribution is 7.99. The van der Waals surface area contributed by atoms with Crippen molar-refractivity contribution in [3.63, 3.8) is 0 Å². The number of unbranched alkanes of at least 4 members (excludes halogenated alkanes) is 3. The smallest absolute Gasteiger partial charge is 0.247 e. The Hall–Kier alpha value is -0.160. The van der Waals surface area contributed by atoms with Crippen molar-refractivity contribution in [2.24, 2.45) is 5.14 Å². The maximum atomic E-state index is 11.6. The zero-order chi connectivity index (χ0) is 16.9. The number of aliphatic hydroxyl groups excluding tert-OH is 1. The number of aliphatic hydroxyl groups is 1. The van der Waals surface area contributed by atoms with Gasteiger partial charge in [0.25, 0.3) is 0 Å². The summed E-state index contributed by atoms with van der Waals surface area (Å²) in [6.07, 6.45) is 4.09. The average Bonchev–Trinajstić information content (AvgIpc) is 2.92. The minimum absolute atomic E-state index is 0.139. The van der Waals surface area contributed by atoms with E-state index in [1.807, 2.05) is 6.92 Å². The number of fused-ring (bicyclic) bond motifs is 1. The van der Waals surface area contributed by atoms with E-state index in [2.05, 4.69) is 9.62 Å². The molecule has 0 spiro atoms. The van der Waals surface area contributed by atoms with Gasteiger partial charge in [-0.05, 0) is 43.0 Å². The first-order valence-corrected chi connectivity index (χ1v) is 11.0. The lowest BCUT2D eigenvalue weighted by Gasteiger charge is -2.32. The summed E-state index contributed by atoms with van der Waals surface area (Å²) in [6.45, 7) is 4.95. The second kappa shape index (κ2) is 8.80. The Morgan fingerprint density at radius 2 is 2.13 bits per heavy atom. The van der Waals surface area contributed by atoms with Crippen molar-refractivity contribution in [2.75, 3.05) is 26.2 Å². The largest absolute Gasteiger partial charge is 0.396 e. The van der Waals surface area contributed by atoms with Gasteiger partial charge in [-0.2, -0.15) is 0 Å². The predicted octanol–water partition coefficient (Wildman–Crippen LogP) is 1.92. The van der Waals surface area contributed by atoms with Gasteiger partial charge in [-0.3, -0.25) is 0 Å². The number of hydrogen-bond acceptors (Lipinski definition) is 7. The van der Waals surface area contributed by atoms with E-state index in [1.165, 1.54) is 11.3 Å². The van der Waals surface area contributed by atoms with E-state index < -0.39 is 10.0 Å². The second-order valence-corrected chi connectivity index (χ2v) is 9.79. The van der Waals surface area contributed by atoms with Gasteiger partial charge in [-0.1, -0.05) is 19.8 Å². The van der Waals surface area contributed by atoms with Crippen molar-refractivity contribution in [1.82, 2.24) is 9.62 Å². The van der Waals surface area contributed by atoms with Gasteiger partial charge in [-0.15, -0.1) is 11.3 Å². The van der Waals surface area contributed by atoms with Gasteiger partial charge in [0.2, 0.25) is 10.0 Å². The number of nitrogens with two attached hydrogens (primary N) is 1. The Morgan fingerprint density at radius 1 is 1.39 bits per heavy atom. The predicted molar refractivity (Wildman–Crippen MR) is 95.1 cm³/mol. The standard InChI is InChI=1S/C14H25N3O3S3/c1-2-16-12-10-17(7-5-3-4-6-8-18)22-14-11(12)9-13(21-14)23(15,19)20/h9,12,16,18H,2-8,10H2,1H3,(H2,15,19,20)/t12-/m0/s1. The normalized spacial score (nSPS) is 19.0. The van der Waals surface area contributed by atoms with E-state index in [1.54, 1.807) is 18.0 Å². The molecule has 0 unspecified atom stereocenters. The van der Waals surface area contributed by atoms with Crippen molar-refractivity contribution >= 4 is 33.3 Å². The molecule has 9 heteroatoms. The quantitative estimate of drug-likeness (QED) is 0.448. The van der Waals surface area contributed by atoms with E-state index in [9.17, 15) is 8.42 Å². The summed E-state index contributed by atoms with van der Waals surface area (Å²) in [5.41, 5.74) is 1.04. The molecule has 0 aromatic carbocycles. The topological polar surface area (TPSA) is 95.7 Å². The first-order valence-electron chi connectivity index (χ1n) is 7.89. The lowest BCUT2D eigenvalue weighted by molar-refractivity contribution is 0.281. The van der Waals surface area contributed by atoms with Gasteiger partial charge in [0.05, 0.1) is 4.21 Å². The summed E-state index contributed by atoms with van der Waals surface area (Å²) in [7, 11) is -3.64. The average molecular weight is 380 g/mol. The lowest BCUT2D eigenvalue weighted by atomic mass is 10.1. The first kappa shape index (κ1) is 19.2. The number of hydrogen-bond donors (Lipinski definition) is 3. The minimum atomic E-state index is -3.64. The molecule has 6 nitrogen and oxygen atoms in total. The van der Waals surface area contributed by atoms with Gasteiger partial charge >= 0.3 is 0 Å². The van der Waals surface area contributed by atoms with Gasteiger partial charge in [-0.25, -0.2) is 17.9 Å². The van der Waals surface area contributed by atoms with Gasteiger partial charge in [0.1, 0.15) is 4.21 Å². The number of primary sulfonamides is 1. The molecule has 0 aliphatic carbocycles. The highest BCUT2D eigenvalue weighted by Crippen LogP contribution is 2.43. The summed E-state index contributed by atoms with van der Waals surface area (Å²) < 4.78 is 26.7. The van der Waals surface area contributed by atoms with Crippen LogP contribution in [0.3, 0.4) is 0 Å². The second-order valence-electron chi connectivity index (χ2n) is 5.58. The van der Waals surface area contributed by atoms with Gasteiger partial charge in [0, 0.05) is 25.7 Å². The number of thiophene rings is 1. The maximum absolute atomic E-state index is 11.6. The monoisotopic (exact) mass is 379 g/mol. The molecule has 4 N–H and O–H groups in total. The molecule has 1 aliphatic rings. The van der Waals surface area contributed by atoms with Crippen LogP contribution in [0.1, 0.15) is 44.2 Å². The summed E-state index contributed by atoms with van der Waals surface area (Å²) in [5, 5.41) is 17.5. The molecule has 0 amide bonds. The maximum Gasteiger partial charge on any atom is 0.247 e.